The lowest BCUT2D eigenvalue weighted by Gasteiger charge is -2.17. The molecule has 3 heterocycles. The lowest BCUT2D eigenvalue weighted by molar-refractivity contribution is 0.192. The highest BCUT2D eigenvalue weighted by Crippen LogP contribution is 2.37. The molecule has 0 aliphatic carbocycles. The number of para-hydroxylation sites is 1. The lowest BCUT2D eigenvalue weighted by atomic mass is 10.2. The third-order valence-electron chi connectivity index (χ3n) is 5.06. The van der Waals surface area contributed by atoms with Crippen LogP contribution in [-0.4, -0.2) is 66.1 Å². The third-order valence-corrected chi connectivity index (χ3v) is 6.09. The van der Waals surface area contributed by atoms with Crippen LogP contribution in [0.3, 0.4) is 0 Å². The van der Waals surface area contributed by atoms with Gasteiger partial charge >= 0.3 is 0 Å². The number of aliphatic hydroxyl groups is 1. The molecule has 36 heavy (non-hydrogen) atoms. The molecule has 2 N–H and O–H groups in total. The summed E-state index contributed by atoms with van der Waals surface area (Å²) in [6, 6.07) is 10.5. The SMILES string of the molecule is COc1cccc(-c2nnc(NS(=O)CC(O)c3ncc(C)cn3)n2-c2c(OC)cccc2OC)n1. The first-order chi connectivity index (χ1) is 17.4. The van der Waals surface area contributed by atoms with Gasteiger partial charge in [0.15, 0.2) is 11.6 Å². The molecule has 188 valence electrons. The van der Waals surface area contributed by atoms with E-state index in [4.69, 9.17) is 14.2 Å². The molecule has 0 saturated heterocycles. The van der Waals surface area contributed by atoms with Gasteiger partial charge in [-0.25, -0.2) is 19.2 Å². The second-order valence-electron chi connectivity index (χ2n) is 7.51. The molecular weight excluding hydrogens is 486 g/mol. The Hall–Kier alpha value is -4.10. The average molecular weight is 512 g/mol. The number of nitrogens with one attached hydrogen (secondary N) is 1. The summed E-state index contributed by atoms with van der Waals surface area (Å²) in [5.74, 6) is 1.72. The molecule has 0 amide bonds. The second-order valence-corrected chi connectivity index (χ2v) is 8.74. The molecule has 0 fully saturated rings. The van der Waals surface area contributed by atoms with Crippen LogP contribution >= 0.6 is 0 Å². The van der Waals surface area contributed by atoms with Crippen molar-refractivity contribution in [1.82, 2.24) is 29.7 Å². The summed E-state index contributed by atoms with van der Waals surface area (Å²) in [4.78, 5) is 12.7. The van der Waals surface area contributed by atoms with Crippen LogP contribution in [0.2, 0.25) is 0 Å². The van der Waals surface area contributed by atoms with E-state index in [1.165, 1.54) is 21.3 Å². The Morgan fingerprint density at radius 1 is 1.00 bits per heavy atom. The van der Waals surface area contributed by atoms with Gasteiger partial charge in [0.25, 0.3) is 0 Å². The van der Waals surface area contributed by atoms with Crippen LogP contribution in [0.1, 0.15) is 17.5 Å². The van der Waals surface area contributed by atoms with Crippen molar-refractivity contribution in [2.45, 2.75) is 13.0 Å². The first-order valence-electron chi connectivity index (χ1n) is 10.7. The number of benzene rings is 1. The van der Waals surface area contributed by atoms with E-state index >= 15 is 0 Å². The summed E-state index contributed by atoms with van der Waals surface area (Å²) < 4.78 is 33.8. The Labute approximate surface area is 209 Å². The van der Waals surface area contributed by atoms with E-state index in [1.54, 1.807) is 53.4 Å². The molecule has 1 aromatic carbocycles. The number of ether oxygens (including phenoxy) is 3. The van der Waals surface area contributed by atoms with Gasteiger partial charge in [-0.3, -0.25) is 9.29 Å². The Kier molecular flexibility index (Phi) is 7.71. The quantitative estimate of drug-likeness (QED) is 0.325. The maximum absolute atomic E-state index is 13.0. The van der Waals surface area contributed by atoms with E-state index in [1.807, 2.05) is 6.92 Å². The third kappa shape index (κ3) is 5.26. The van der Waals surface area contributed by atoms with Crippen molar-refractivity contribution in [3.05, 3.63) is 60.2 Å². The molecule has 13 heteroatoms. The second kappa shape index (κ2) is 11.1. The van der Waals surface area contributed by atoms with Crippen LogP contribution < -0.4 is 18.9 Å². The van der Waals surface area contributed by atoms with E-state index in [0.717, 1.165) is 5.56 Å². The first-order valence-corrected chi connectivity index (χ1v) is 12.1. The molecule has 0 aliphatic heterocycles. The summed E-state index contributed by atoms with van der Waals surface area (Å²) in [5.41, 5.74) is 1.76. The number of nitrogens with zero attached hydrogens (tertiary/aromatic N) is 6. The zero-order valence-corrected chi connectivity index (χ0v) is 20.9. The number of aryl methyl sites for hydroxylation is 1. The van der Waals surface area contributed by atoms with Crippen molar-refractivity contribution < 1.29 is 23.5 Å². The van der Waals surface area contributed by atoms with Crippen LogP contribution in [-0.2, 0) is 11.0 Å². The molecule has 2 unspecified atom stereocenters. The van der Waals surface area contributed by atoms with Crippen molar-refractivity contribution in [3.8, 4) is 34.6 Å². The predicted molar refractivity (Wildman–Crippen MR) is 133 cm³/mol. The van der Waals surface area contributed by atoms with Crippen LogP contribution in [0.4, 0.5) is 5.95 Å². The smallest absolute Gasteiger partial charge is 0.241 e. The van der Waals surface area contributed by atoms with Gasteiger partial charge in [0, 0.05) is 18.5 Å². The molecule has 4 rings (SSSR count). The van der Waals surface area contributed by atoms with Crippen molar-refractivity contribution in [1.29, 1.82) is 0 Å². The van der Waals surface area contributed by atoms with Gasteiger partial charge in [-0.05, 0) is 30.7 Å². The van der Waals surface area contributed by atoms with Crippen LogP contribution in [0.25, 0.3) is 17.2 Å². The van der Waals surface area contributed by atoms with Gasteiger partial charge in [0.1, 0.15) is 40.0 Å². The summed E-state index contributed by atoms with van der Waals surface area (Å²) in [6.07, 6.45) is 2.01. The average Bonchev–Trinajstić information content (AvgIpc) is 3.31. The highest BCUT2D eigenvalue weighted by molar-refractivity contribution is 7.86. The minimum Gasteiger partial charge on any atom is -0.494 e. The summed E-state index contributed by atoms with van der Waals surface area (Å²) >= 11 is 0. The molecule has 3 aromatic heterocycles. The van der Waals surface area contributed by atoms with Crippen LogP contribution in [0.15, 0.2) is 48.8 Å². The maximum atomic E-state index is 13.0. The van der Waals surface area contributed by atoms with E-state index in [-0.39, 0.29) is 17.5 Å². The lowest BCUT2D eigenvalue weighted by Crippen LogP contribution is -2.19. The number of hydrogen-bond acceptors (Lipinski definition) is 10. The van der Waals surface area contributed by atoms with Gasteiger partial charge in [-0.2, -0.15) is 0 Å². The monoisotopic (exact) mass is 511 g/mol. The zero-order valence-electron chi connectivity index (χ0n) is 20.1. The van der Waals surface area contributed by atoms with Crippen molar-refractivity contribution >= 4 is 16.9 Å². The standard InChI is InChI=1S/C23H25N7O5S/c1-14-11-24-21(25-12-14)16(31)13-36(32)29-23-28-27-22(15-7-5-10-19(26-15)35-4)30(23)20-17(33-2)8-6-9-18(20)34-3/h5-12,16,31H,13H2,1-4H3,(H,28,29). The summed E-state index contributed by atoms with van der Waals surface area (Å²) in [7, 11) is 2.77. The Morgan fingerprint density at radius 2 is 1.67 bits per heavy atom. The Morgan fingerprint density at radius 3 is 2.31 bits per heavy atom. The van der Waals surface area contributed by atoms with Gasteiger partial charge < -0.3 is 19.3 Å². The van der Waals surface area contributed by atoms with Gasteiger partial charge in [0.2, 0.25) is 11.8 Å². The molecular formula is C23H25N7O5S. The summed E-state index contributed by atoms with van der Waals surface area (Å²) in [6.45, 7) is 1.84. The van der Waals surface area contributed by atoms with Crippen molar-refractivity contribution in [3.63, 3.8) is 0 Å². The number of pyridine rings is 1. The topological polar surface area (TPSA) is 146 Å². The normalized spacial score (nSPS) is 12.6. The highest BCUT2D eigenvalue weighted by Gasteiger charge is 2.25. The number of aliphatic hydroxyl groups excluding tert-OH is 1. The zero-order chi connectivity index (χ0) is 25.7. The fourth-order valence-electron chi connectivity index (χ4n) is 3.37. The largest absolute Gasteiger partial charge is 0.494 e. The molecule has 2 atom stereocenters. The highest BCUT2D eigenvalue weighted by atomic mass is 32.2. The minimum atomic E-state index is -1.79. The summed E-state index contributed by atoms with van der Waals surface area (Å²) in [5, 5.41) is 19.0. The number of anilines is 1. The van der Waals surface area contributed by atoms with E-state index < -0.39 is 17.1 Å². The molecule has 12 nitrogen and oxygen atoms in total. The van der Waals surface area contributed by atoms with Gasteiger partial charge in [-0.1, -0.05) is 12.1 Å². The van der Waals surface area contributed by atoms with Crippen molar-refractivity contribution in [2.75, 3.05) is 31.8 Å². The molecule has 0 saturated carbocycles. The fraction of sp³-hybridized carbons (Fsp3) is 0.261. The predicted octanol–water partition coefficient (Wildman–Crippen LogP) is 2.26. The van der Waals surface area contributed by atoms with Gasteiger partial charge in [0.05, 0.1) is 27.1 Å². The van der Waals surface area contributed by atoms with Gasteiger partial charge in [-0.15, -0.1) is 10.2 Å². The Balaban J connectivity index is 1.75. The molecule has 0 spiro atoms. The van der Waals surface area contributed by atoms with Crippen molar-refractivity contribution in [2.24, 2.45) is 0 Å². The van der Waals surface area contributed by atoms with E-state index in [0.29, 0.717) is 34.6 Å². The van der Waals surface area contributed by atoms with E-state index in [9.17, 15) is 9.32 Å². The molecule has 4 aromatic rings. The molecule has 0 radical (unpaired) electrons. The number of methoxy groups -OCH3 is 3. The maximum Gasteiger partial charge on any atom is 0.241 e. The molecule has 0 aliphatic rings. The number of hydrogen-bond donors (Lipinski definition) is 2. The number of rotatable bonds is 10. The van der Waals surface area contributed by atoms with E-state index in [2.05, 4.69) is 29.9 Å². The van der Waals surface area contributed by atoms with Crippen LogP contribution in [0.5, 0.6) is 17.4 Å². The molecule has 0 bridgehead atoms. The number of aromatic nitrogens is 6. The fourth-order valence-corrected chi connectivity index (χ4v) is 4.22. The minimum absolute atomic E-state index is 0.118. The first kappa shape index (κ1) is 25.0. The Bertz CT molecular complexity index is 1340. The van der Waals surface area contributed by atoms with Crippen LogP contribution in [0, 0.1) is 6.92 Å².